The fraction of sp³-hybridized carbons (Fsp3) is 0.0400. The summed E-state index contributed by atoms with van der Waals surface area (Å²) >= 11 is 0. The fourth-order valence-electron chi connectivity index (χ4n) is 9.42. The van der Waals surface area contributed by atoms with Crippen LogP contribution in [0.25, 0.3) is 109 Å². The second-order valence-electron chi connectivity index (χ2n) is 14.0. The van der Waals surface area contributed by atoms with Crippen molar-refractivity contribution in [3.63, 3.8) is 0 Å². The summed E-state index contributed by atoms with van der Waals surface area (Å²) in [5, 5.41) is 18.6. The van der Waals surface area contributed by atoms with Crippen molar-refractivity contribution in [1.29, 1.82) is 0 Å². The van der Waals surface area contributed by atoms with Gasteiger partial charge in [0.1, 0.15) is 0 Å². The van der Waals surface area contributed by atoms with Gasteiger partial charge in [-0.3, -0.25) is 0 Å². The summed E-state index contributed by atoms with van der Waals surface area (Å²) in [7, 11) is 0. The van der Waals surface area contributed by atoms with Gasteiger partial charge in [-0.05, 0) is 146 Å². The summed E-state index contributed by atoms with van der Waals surface area (Å²) in [6, 6.07) is 59.2. The van der Waals surface area contributed by atoms with Crippen molar-refractivity contribution in [2.24, 2.45) is 0 Å². The molecule has 0 N–H and O–H groups in total. The molecule has 11 rings (SSSR count). The smallest absolute Gasteiger partial charge is 0.000719 e. The van der Waals surface area contributed by atoms with E-state index < -0.39 is 0 Å². The Hall–Kier alpha value is -6.24. The Morgan fingerprint density at radius 2 is 0.820 bits per heavy atom. The van der Waals surface area contributed by atoms with Crippen molar-refractivity contribution in [2.75, 3.05) is 0 Å². The average Bonchev–Trinajstić information content (AvgIpc) is 3.66. The van der Waals surface area contributed by atoms with Crippen molar-refractivity contribution in [2.45, 2.75) is 13.8 Å². The molecule has 50 heavy (non-hydrogen) atoms. The molecular weight excluding hydrogens is 601 g/mol. The standard InChI is InChI=1S/C50H32/c1-29-13-9-14-30(2)43(29)34-25-26-35-40(27-34)36-21-12-24-39-47(36)41(35)28-42-45(32-15-5-3-6-16-32)49-37-22-10-19-31-20-11-23-38(44(31)37)50(49)46(48(39)42)33-17-7-4-8-18-33/h3-28H,1-2H3. The van der Waals surface area contributed by atoms with Gasteiger partial charge in [0.25, 0.3) is 0 Å². The molecule has 0 saturated heterocycles. The van der Waals surface area contributed by atoms with Crippen LogP contribution in [0.5, 0.6) is 0 Å². The second kappa shape index (κ2) is 10.1. The number of hydrogen-bond acceptors (Lipinski definition) is 0. The van der Waals surface area contributed by atoms with Gasteiger partial charge in [-0.25, -0.2) is 0 Å². The van der Waals surface area contributed by atoms with E-state index in [1.807, 2.05) is 0 Å². The quantitative estimate of drug-likeness (QED) is 0.170. The van der Waals surface area contributed by atoms with Gasteiger partial charge in [0.2, 0.25) is 0 Å². The molecule has 0 bridgehead atoms. The monoisotopic (exact) mass is 632 g/mol. The molecule has 0 radical (unpaired) electrons. The first-order chi connectivity index (χ1) is 24.7. The molecule has 0 aliphatic rings. The highest BCUT2D eigenvalue weighted by molar-refractivity contribution is 6.44. The highest BCUT2D eigenvalue weighted by atomic mass is 14.3. The van der Waals surface area contributed by atoms with Gasteiger partial charge in [-0.2, -0.15) is 0 Å². The third-order valence-electron chi connectivity index (χ3n) is 11.4. The van der Waals surface area contributed by atoms with Crippen molar-refractivity contribution in [3.05, 3.63) is 169 Å². The Morgan fingerprint density at radius 3 is 1.50 bits per heavy atom. The SMILES string of the molecule is Cc1cccc(C)c1-c1ccc2c(c1)c1cccc3c4c(-c5ccccc5)c5c6cccc7cccc(c5c(-c5ccccc5)c4cc2c13)c76. The van der Waals surface area contributed by atoms with E-state index in [2.05, 4.69) is 172 Å². The van der Waals surface area contributed by atoms with E-state index in [1.165, 1.54) is 120 Å². The van der Waals surface area contributed by atoms with E-state index in [0.29, 0.717) is 0 Å². The normalized spacial score (nSPS) is 12.2. The number of rotatable bonds is 3. The van der Waals surface area contributed by atoms with Gasteiger partial charge in [0.05, 0.1) is 0 Å². The number of aryl methyl sites for hydroxylation is 2. The predicted molar refractivity (Wildman–Crippen MR) is 217 cm³/mol. The van der Waals surface area contributed by atoms with E-state index in [4.69, 9.17) is 0 Å². The Bertz CT molecular complexity index is 3100. The van der Waals surface area contributed by atoms with Crippen LogP contribution in [0.3, 0.4) is 0 Å². The molecule has 0 spiro atoms. The van der Waals surface area contributed by atoms with Crippen LogP contribution in [0, 0.1) is 13.8 Å². The molecule has 0 heteroatoms. The van der Waals surface area contributed by atoms with Crippen LogP contribution in [0.2, 0.25) is 0 Å². The Balaban J connectivity index is 1.42. The minimum absolute atomic E-state index is 1.25. The summed E-state index contributed by atoms with van der Waals surface area (Å²) in [5.41, 5.74) is 10.4. The first-order valence-electron chi connectivity index (χ1n) is 17.6. The molecule has 11 aromatic rings. The molecule has 0 heterocycles. The van der Waals surface area contributed by atoms with E-state index in [0.717, 1.165) is 0 Å². The van der Waals surface area contributed by atoms with Crippen molar-refractivity contribution < 1.29 is 0 Å². The van der Waals surface area contributed by atoms with Crippen LogP contribution in [0.1, 0.15) is 11.1 Å². The van der Waals surface area contributed by atoms with Crippen LogP contribution in [-0.4, -0.2) is 0 Å². The summed E-state index contributed by atoms with van der Waals surface area (Å²) in [5.74, 6) is 0. The van der Waals surface area contributed by atoms with Crippen LogP contribution >= 0.6 is 0 Å². The van der Waals surface area contributed by atoms with E-state index >= 15 is 0 Å². The molecule has 0 aliphatic carbocycles. The second-order valence-corrected chi connectivity index (χ2v) is 14.0. The number of benzene rings is 9. The lowest BCUT2D eigenvalue weighted by molar-refractivity contribution is 1.38. The van der Waals surface area contributed by atoms with Crippen molar-refractivity contribution >= 4 is 75.4 Å². The minimum atomic E-state index is 1.25. The van der Waals surface area contributed by atoms with Gasteiger partial charge in [-0.15, -0.1) is 0 Å². The Labute approximate surface area is 290 Å². The molecule has 232 valence electrons. The van der Waals surface area contributed by atoms with Crippen molar-refractivity contribution in [3.8, 4) is 33.4 Å². The van der Waals surface area contributed by atoms with Gasteiger partial charge in [0.15, 0.2) is 0 Å². The summed E-state index contributed by atoms with van der Waals surface area (Å²) < 4.78 is 0. The van der Waals surface area contributed by atoms with Crippen LogP contribution in [0.15, 0.2) is 158 Å². The molecule has 0 fully saturated rings. The topological polar surface area (TPSA) is 0 Å². The molecule has 0 nitrogen and oxygen atoms in total. The molecule has 0 atom stereocenters. The van der Waals surface area contributed by atoms with Gasteiger partial charge >= 0.3 is 0 Å². The molecule has 11 aromatic carbocycles. The van der Waals surface area contributed by atoms with Crippen LogP contribution in [0.4, 0.5) is 0 Å². The summed E-state index contributed by atoms with van der Waals surface area (Å²) in [4.78, 5) is 0. The van der Waals surface area contributed by atoms with Gasteiger partial charge < -0.3 is 0 Å². The maximum atomic E-state index is 2.53. The Morgan fingerprint density at radius 1 is 0.260 bits per heavy atom. The third-order valence-corrected chi connectivity index (χ3v) is 11.4. The maximum Gasteiger partial charge on any atom is -0.000719 e. The lowest BCUT2D eigenvalue weighted by Crippen LogP contribution is -1.91. The molecule has 0 saturated carbocycles. The highest BCUT2D eigenvalue weighted by Gasteiger charge is 2.26. The third kappa shape index (κ3) is 3.60. The number of fused-ring (bicyclic) bond motifs is 8. The molecule has 0 aliphatic heterocycles. The zero-order valence-electron chi connectivity index (χ0n) is 28.0. The Kier molecular flexibility index (Phi) is 5.61. The van der Waals surface area contributed by atoms with Gasteiger partial charge in [0, 0.05) is 0 Å². The predicted octanol–water partition coefficient (Wildman–Crippen LogP) is 14.3. The van der Waals surface area contributed by atoms with Crippen LogP contribution < -0.4 is 0 Å². The van der Waals surface area contributed by atoms with Gasteiger partial charge in [-0.1, -0.05) is 146 Å². The molecule has 0 aromatic heterocycles. The number of hydrogen-bond donors (Lipinski definition) is 0. The molecule has 0 unspecified atom stereocenters. The lowest BCUT2D eigenvalue weighted by Gasteiger charge is -2.19. The first-order valence-corrected chi connectivity index (χ1v) is 17.6. The van der Waals surface area contributed by atoms with E-state index in [1.54, 1.807) is 0 Å². The lowest BCUT2D eigenvalue weighted by atomic mass is 9.84. The van der Waals surface area contributed by atoms with Crippen molar-refractivity contribution in [1.82, 2.24) is 0 Å². The van der Waals surface area contributed by atoms with Crippen LogP contribution in [-0.2, 0) is 0 Å². The minimum Gasteiger partial charge on any atom is -0.0622 e. The molecular formula is C50H32. The first kappa shape index (κ1) is 27.7. The highest BCUT2D eigenvalue weighted by Crippen LogP contribution is 2.54. The fourth-order valence-corrected chi connectivity index (χ4v) is 9.42. The largest absolute Gasteiger partial charge is 0.0622 e. The average molecular weight is 633 g/mol. The summed E-state index contributed by atoms with van der Waals surface area (Å²) in [6.45, 7) is 4.46. The van der Waals surface area contributed by atoms with E-state index in [-0.39, 0.29) is 0 Å². The zero-order chi connectivity index (χ0) is 33.1. The summed E-state index contributed by atoms with van der Waals surface area (Å²) in [6.07, 6.45) is 0. The zero-order valence-corrected chi connectivity index (χ0v) is 28.0. The maximum absolute atomic E-state index is 2.53. The van der Waals surface area contributed by atoms with E-state index in [9.17, 15) is 0 Å². The molecule has 0 amide bonds.